The van der Waals surface area contributed by atoms with Gasteiger partial charge in [0.15, 0.2) is 0 Å². The molecular formula is C14H17ClFN5. The van der Waals surface area contributed by atoms with E-state index in [1.54, 1.807) is 11.0 Å². The van der Waals surface area contributed by atoms with Gasteiger partial charge in [-0.2, -0.15) is 15.0 Å². The van der Waals surface area contributed by atoms with Crippen molar-refractivity contribution >= 4 is 29.2 Å². The Labute approximate surface area is 128 Å². The fourth-order valence-electron chi connectivity index (χ4n) is 1.60. The lowest BCUT2D eigenvalue weighted by atomic mass is 10.2. The number of anilines is 3. The van der Waals surface area contributed by atoms with Crippen molar-refractivity contribution in [2.45, 2.75) is 19.8 Å². The fourth-order valence-corrected chi connectivity index (χ4v) is 1.78. The summed E-state index contributed by atoms with van der Waals surface area (Å²) in [7, 11) is 3.72. The summed E-state index contributed by atoms with van der Waals surface area (Å²) in [6, 6.07) is 4.36. The summed E-state index contributed by atoms with van der Waals surface area (Å²) in [5.41, 5.74) is 0.618. The van der Waals surface area contributed by atoms with Gasteiger partial charge in [0, 0.05) is 25.7 Å². The second kappa shape index (κ2) is 6.22. The first-order valence-electron chi connectivity index (χ1n) is 6.52. The van der Waals surface area contributed by atoms with E-state index in [1.807, 2.05) is 27.9 Å². The van der Waals surface area contributed by atoms with Crippen LogP contribution in [0.4, 0.5) is 22.0 Å². The van der Waals surface area contributed by atoms with Crippen LogP contribution in [0, 0.1) is 5.82 Å². The van der Waals surface area contributed by atoms with Gasteiger partial charge in [0.25, 0.3) is 0 Å². The predicted octanol–water partition coefficient (Wildman–Crippen LogP) is 3.60. The molecule has 21 heavy (non-hydrogen) atoms. The Bertz CT molecular complexity index is 619. The molecule has 0 radical (unpaired) electrons. The van der Waals surface area contributed by atoms with Gasteiger partial charge < -0.3 is 10.2 Å². The Balaban J connectivity index is 2.36. The van der Waals surface area contributed by atoms with E-state index in [4.69, 9.17) is 11.6 Å². The fraction of sp³-hybridized carbons (Fsp3) is 0.357. The minimum absolute atomic E-state index is 0.0472. The van der Waals surface area contributed by atoms with Crippen molar-refractivity contribution in [1.29, 1.82) is 0 Å². The second-order valence-electron chi connectivity index (χ2n) is 5.12. The van der Waals surface area contributed by atoms with Crippen LogP contribution in [0.2, 0.25) is 5.02 Å². The molecule has 0 bridgehead atoms. The molecule has 0 saturated heterocycles. The van der Waals surface area contributed by atoms with E-state index in [0.717, 1.165) is 0 Å². The van der Waals surface area contributed by atoms with E-state index < -0.39 is 5.82 Å². The zero-order chi connectivity index (χ0) is 15.6. The van der Waals surface area contributed by atoms with Crippen LogP contribution >= 0.6 is 11.6 Å². The maximum absolute atomic E-state index is 13.2. The lowest BCUT2D eigenvalue weighted by Gasteiger charge is -2.14. The lowest BCUT2D eigenvalue weighted by Crippen LogP contribution is -2.16. The van der Waals surface area contributed by atoms with Crippen LogP contribution in [0.5, 0.6) is 0 Å². The molecule has 5 nitrogen and oxygen atoms in total. The van der Waals surface area contributed by atoms with Crippen molar-refractivity contribution < 1.29 is 4.39 Å². The first-order chi connectivity index (χ1) is 9.86. The summed E-state index contributed by atoms with van der Waals surface area (Å²) in [6.45, 7) is 4.01. The summed E-state index contributed by atoms with van der Waals surface area (Å²) < 4.78 is 13.2. The van der Waals surface area contributed by atoms with Gasteiger partial charge in [0.2, 0.25) is 11.9 Å². The largest absolute Gasteiger partial charge is 0.347 e. The molecule has 0 aliphatic carbocycles. The van der Waals surface area contributed by atoms with Gasteiger partial charge in [-0.05, 0) is 18.2 Å². The minimum Gasteiger partial charge on any atom is -0.347 e. The van der Waals surface area contributed by atoms with Crippen molar-refractivity contribution in [2.24, 2.45) is 0 Å². The molecule has 0 fully saturated rings. The molecule has 1 heterocycles. The van der Waals surface area contributed by atoms with Crippen LogP contribution in [0.3, 0.4) is 0 Å². The van der Waals surface area contributed by atoms with Crippen molar-refractivity contribution in [3.8, 4) is 0 Å². The molecular weight excluding hydrogens is 293 g/mol. The molecule has 112 valence electrons. The number of halogens is 2. The summed E-state index contributed by atoms with van der Waals surface area (Å²) >= 11 is 5.77. The highest BCUT2D eigenvalue weighted by molar-refractivity contribution is 6.31. The molecule has 1 N–H and O–H groups in total. The van der Waals surface area contributed by atoms with Crippen molar-refractivity contribution in [2.75, 3.05) is 24.3 Å². The number of rotatable bonds is 4. The van der Waals surface area contributed by atoms with Gasteiger partial charge in [-0.3, -0.25) is 0 Å². The molecule has 1 aromatic heterocycles. The summed E-state index contributed by atoms with van der Waals surface area (Å²) in [4.78, 5) is 14.9. The highest BCUT2D eigenvalue weighted by atomic mass is 35.5. The highest BCUT2D eigenvalue weighted by Crippen LogP contribution is 2.22. The van der Waals surface area contributed by atoms with E-state index in [2.05, 4.69) is 20.3 Å². The molecule has 0 spiro atoms. The van der Waals surface area contributed by atoms with E-state index in [0.29, 0.717) is 23.4 Å². The minimum atomic E-state index is -0.463. The van der Waals surface area contributed by atoms with E-state index in [-0.39, 0.29) is 10.9 Å². The molecule has 0 unspecified atom stereocenters. The molecule has 0 aliphatic heterocycles. The van der Waals surface area contributed by atoms with E-state index in [9.17, 15) is 4.39 Å². The molecule has 0 atom stereocenters. The predicted molar refractivity (Wildman–Crippen MR) is 82.9 cm³/mol. The second-order valence-corrected chi connectivity index (χ2v) is 5.53. The highest BCUT2D eigenvalue weighted by Gasteiger charge is 2.11. The molecule has 7 heteroatoms. The average Bonchev–Trinajstić information content (AvgIpc) is 2.42. The third-order valence-corrected chi connectivity index (χ3v) is 3.02. The van der Waals surface area contributed by atoms with Crippen LogP contribution in [0.1, 0.15) is 25.6 Å². The topological polar surface area (TPSA) is 53.9 Å². The van der Waals surface area contributed by atoms with Gasteiger partial charge >= 0.3 is 0 Å². The number of benzene rings is 1. The SMILES string of the molecule is CC(C)c1nc(Nc2ccc(F)c(Cl)c2)nc(N(C)C)n1. The molecule has 0 saturated carbocycles. The quantitative estimate of drug-likeness (QED) is 0.935. The zero-order valence-electron chi connectivity index (χ0n) is 12.4. The first-order valence-corrected chi connectivity index (χ1v) is 6.90. The summed E-state index contributed by atoms with van der Waals surface area (Å²) in [6.07, 6.45) is 0. The number of aromatic nitrogens is 3. The number of hydrogen-bond acceptors (Lipinski definition) is 5. The van der Waals surface area contributed by atoms with Crippen LogP contribution in [0.15, 0.2) is 18.2 Å². The molecule has 0 amide bonds. The first kappa shape index (κ1) is 15.4. The van der Waals surface area contributed by atoms with Crippen LogP contribution in [0.25, 0.3) is 0 Å². The molecule has 2 aromatic rings. The Morgan fingerprint density at radius 3 is 2.48 bits per heavy atom. The monoisotopic (exact) mass is 309 g/mol. The van der Waals surface area contributed by atoms with Crippen molar-refractivity contribution in [3.05, 3.63) is 34.9 Å². The van der Waals surface area contributed by atoms with Crippen LogP contribution in [-0.4, -0.2) is 29.0 Å². The van der Waals surface area contributed by atoms with E-state index in [1.165, 1.54) is 12.1 Å². The number of nitrogens with zero attached hydrogens (tertiary/aromatic N) is 4. The summed E-state index contributed by atoms with van der Waals surface area (Å²) in [5, 5.41) is 3.07. The number of hydrogen-bond donors (Lipinski definition) is 1. The van der Waals surface area contributed by atoms with Gasteiger partial charge in [-0.25, -0.2) is 4.39 Å². The Kier molecular flexibility index (Phi) is 4.57. The van der Waals surface area contributed by atoms with Crippen molar-refractivity contribution in [1.82, 2.24) is 15.0 Å². The molecule has 0 aliphatic rings. The zero-order valence-corrected chi connectivity index (χ0v) is 13.1. The lowest BCUT2D eigenvalue weighted by molar-refractivity contribution is 0.628. The van der Waals surface area contributed by atoms with Gasteiger partial charge in [0.05, 0.1) is 5.02 Å². The third-order valence-electron chi connectivity index (χ3n) is 2.73. The number of nitrogens with one attached hydrogen (secondary N) is 1. The van der Waals surface area contributed by atoms with E-state index >= 15 is 0 Å². The third kappa shape index (κ3) is 3.78. The van der Waals surface area contributed by atoms with Crippen molar-refractivity contribution in [3.63, 3.8) is 0 Å². The maximum Gasteiger partial charge on any atom is 0.232 e. The van der Waals surface area contributed by atoms with Gasteiger partial charge in [-0.1, -0.05) is 25.4 Å². The van der Waals surface area contributed by atoms with Crippen LogP contribution < -0.4 is 10.2 Å². The van der Waals surface area contributed by atoms with Gasteiger partial charge in [0.1, 0.15) is 11.6 Å². The smallest absolute Gasteiger partial charge is 0.232 e. The van der Waals surface area contributed by atoms with Gasteiger partial charge in [-0.15, -0.1) is 0 Å². The maximum atomic E-state index is 13.2. The van der Waals surface area contributed by atoms with Crippen LogP contribution in [-0.2, 0) is 0 Å². The Hall–Kier alpha value is -1.95. The molecule has 2 rings (SSSR count). The summed E-state index contributed by atoms with van der Waals surface area (Å²) in [5.74, 6) is 1.35. The normalized spacial score (nSPS) is 10.8. The Morgan fingerprint density at radius 2 is 1.90 bits per heavy atom. The molecule has 1 aromatic carbocycles. The Morgan fingerprint density at radius 1 is 1.19 bits per heavy atom. The standard InChI is InChI=1S/C14H17ClFN5/c1-8(2)12-18-13(20-14(19-12)21(3)4)17-9-5-6-11(16)10(15)7-9/h5-8H,1-4H3,(H,17,18,19,20). The average molecular weight is 310 g/mol.